The van der Waals surface area contributed by atoms with Crippen LogP contribution < -0.4 is 34.0 Å². The van der Waals surface area contributed by atoms with Gasteiger partial charge in [0.2, 0.25) is 0 Å². The average Bonchev–Trinajstić information content (AvgIpc) is 2.37. The molecule has 0 amide bonds. The number of hydrogen-bond acceptors (Lipinski definition) is 0. The van der Waals surface area contributed by atoms with E-state index in [1.807, 2.05) is 0 Å². The fraction of sp³-hybridized carbons (Fsp3) is 0.647. The lowest BCUT2D eigenvalue weighted by Crippen LogP contribution is -3.00. The normalized spacial score (nSPS) is 21.0. The lowest BCUT2D eigenvalue weighted by atomic mass is 9.97. The molecule has 1 aromatic carbocycles. The topological polar surface area (TPSA) is 0 Å². The largest absolute Gasteiger partial charge is 1.00 e. The molecule has 0 bridgehead atoms. The highest BCUT2D eigenvalue weighted by Gasteiger charge is 2.31. The third-order valence-electron chi connectivity index (χ3n) is 4.61. The van der Waals surface area contributed by atoms with Crippen molar-refractivity contribution < 1.29 is 42.9 Å². The number of rotatable bonds is 5. The van der Waals surface area contributed by atoms with Gasteiger partial charge in [-0.25, -0.2) is 0 Å². The second kappa shape index (κ2) is 8.66. The Kier molecular flexibility index (Phi) is 8.70. The molecule has 0 saturated carbocycles. The second-order valence-corrected chi connectivity index (χ2v) is 7.15. The Balaban J connectivity index is 0.00000200. The minimum Gasteiger partial charge on any atom is -1.00 e. The van der Waals surface area contributed by atoms with E-state index in [-0.39, 0.29) is 34.0 Å². The highest BCUT2D eigenvalue weighted by molar-refractivity contribution is 5.27. The van der Waals surface area contributed by atoms with Crippen LogP contribution >= 0.6 is 0 Å². The zero-order chi connectivity index (χ0) is 13.9. The second-order valence-electron chi connectivity index (χ2n) is 7.15. The zero-order valence-corrected chi connectivity index (χ0v) is 17.1. The van der Waals surface area contributed by atoms with Crippen LogP contribution in [0, 0.1) is 0 Å². The molecule has 0 aliphatic carbocycles. The van der Waals surface area contributed by atoms with Gasteiger partial charge in [-0.15, -0.1) is 0 Å². The fourth-order valence-electron chi connectivity index (χ4n) is 3.25. The summed E-state index contributed by atoms with van der Waals surface area (Å²) in [6, 6.07) is 9.02. The number of fused-ring (bicyclic) bond motifs is 1. The summed E-state index contributed by atoms with van der Waals surface area (Å²) in [6.07, 6.45) is 2.59. The first kappa shape index (κ1) is 21.1. The van der Waals surface area contributed by atoms with E-state index < -0.39 is 0 Å². The van der Waals surface area contributed by atoms with Crippen LogP contribution in [0.4, 0.5) is 0 Å². The van der Waals surface area contributed by atoms with Crippen molar-refractivity contribution in [1.29, 1.82) is 0 Å². The number of benzene rings is 1. The van der Waals surface area contributed by atoms with E-state index in [4.69, 9.17) is 0 Å². The maximum absolute atomic E-state index is 2.36. The van der Waals surface area contributed by atoms with E-state index in [1.165, 1.54) is 50.0 Å². The Morgan fingerprint density at radius 1 is 1.05 bits per heavy atom. The van der Waals surface area contributed by atoms with Crippen molar-refractivity contribution in [3.8, 4) is 0 Å². The number of quaternary nitrogens is 2. The van der Waals surface area contributed by atoms with Crippen LogP contribution in [0.1, 0.15) is 24.5 Å². The number of likely N-dealkylation sites (N-methyl/N-ethyl adjacent to an activating group) is 1. The monoisotopic (exact) mass is 420 g/mol. The molecule has 0 saturated heterocycles. The molecule has 1 heterocycles. The minimum absolute atomic E-state index is 0. The van der Waals surface area contributed by atoms with Gasteiger partial charge in [0.05, 0.1) is 47.3 Å². The van der Waals surface area contributed by atoms with E-state index in [2.05, 4.69) is 52.3 Å². The summed E-state index contributed by atoms with van der Waals surface area (Å²) in [5.41, 5.74) is 3.16. The smallest absolute Gasteiger partial charge is 0.105 e. The molecule has 0 N–H and O–H groups in total. The summed E-state index contributed by atoms with van der Waals surface area (Å²) in [7, 11) is 6.88. The molecular weight excluding hydrogens is 392 g/mol. The van der Waals surface area contributed by atoms with E-state index >= 15 is 0 Å². The van der Waals surface area contributed by atoms with Crippen LogP contribution in [0.5, 0.6) is 0 Å². The first-order valence-electron chi connectivity index (χ1n) is 7.66. The molecule has 122 valence electrons. The molecule has 1 aliphatic heterocycles. The molecule has 0 spiro atoms. The molecule has 0 radical (unpaired) electrons. The molecule has 1 aliphatic rings. The van der Waals surface area contributed by atoms with E-state index in [0.717, 1.165) is 4.48 Å². The molecule has 0 fully saturated rings. The van der Waals surface area contributed by atoms with Crippen molar-refractivity contribution in [2.24, 2.45) is 0 Å². The molecular formula is C17H30Br2N2. The minimum atomic E-state index is 0. The number of nitrogens with zero attached hydrogens (tertiary/aromatic N) is 2. The van der Waals surface area contributed by atoms with Crippen molar-refractivity contribution in [2.75, 3.05) is 47.3 Å². The van der Waals surface area contributed by atoms with Crippen LogP contribution in [-0.2, 0) is 13.0 Å². The SMILES string of the molecule is CC[N+]1(CCC[N+](C)(C)C)CCc2ccccc2C1.[Br-].[Br-]. The van der Waals surface area contributed by atoms with E-state index in [9.17, 15) is 0 Å². The quantitative estimate of drug-likeness (QED) is 0.436. The fourth-order valence-corrected chi connectivity index (χ4v) is 3.25. The van der Waals surface area contributed by atoms with Crippen molar-refractivity contribution in [2.45, 2.75) is 26.3 Å². The van der Waals surface area contributed by atoms with Crippen LogP contribution in [0.3, 0.4) is 0 Å². The zero-order valence-electron chi connectivity index (χ0n) is 13.9. The van der Waals surface area contributed by atoms with Gasteiger partial charge in [0.15, 0.2) is 0 Å². The van der Waals surface area contributed by atoms with Gasteiger partial charge < -0.3 is 42.9 Å². The summed E-state index contributed by atoms with van der Waals surface area (Å²) in [6.45, 7) is 8.81. The third kappa shape index (κ3) is 6.01. The summed E-state index contributed by atoms with van der Waals surface area (Å²) in [5.74, 6) is 0. The molecule has 21 heavy (non-hydrogen) atoms. The van der Waals surface area contributed by atoms with Crippen LogP contribution in [-0.4, -0.2) is 56.3 Å². The predicted octanol–water partition coefficient (Wildman–Crippen LogP) is -3.32. The Labute approximate surface area is 151 Å². The Bertz CT molecular complexity index is 429. The number of halogens is 2. The Hall–Kier alpha value is 0.1000. The van der Waals surface area contributed by atoms with Gasteiger partial charge in [-0.1, -0.05) is 24.3 Å². The van der Waals surface area contributed by atoms with Crippen LogP contribution in [0.15, 0.2) is 24.3 Å². The van der Waals surface area contributed by atoms with E-state index in [1.54, 1.807) is 11.1 Å². The summed E-state index contributed by atoms with van der Waals surface area (Å²) < 4.78 is 2.37. The average molecular weight is 422 g/mol. The van der Waals surface area contributed by atoms with Crippen LogP contribution in [0.25, 0.3) is 0 Å². The van der Waals surface area contributed by atoms with E-state index in [0.29, 0.717) is 0 Å². The molecule has 2 nitrogen and oxygen atoms in total. The lowest BCUT2D eigenvalue weighted by molar-refractivity contribution is -0.945. The van der Waals surface area contributed by atoms with Gasteiger partial charge in [-0.05, 0) is 12.5 Å². The molecule has 0 aromatic heterocycles. The van der Waals surface area contributed by atoms with Crippen molar-refractivity contribution >= 4 is 0 Å². The Morgan fingerprint density at radius 3 is 2.24 bits per heavy atom. The lowest BCUT2D eigenvalue weighted by Gasteiger charge is -2.42. The molecule has 2 rings (SSSR count). The Morgan fingerprint density at radius 2 is 1.67 bits per heavy atom. The van der Waals surface area contributed by atoms with Gasteiger partial charge in [0.25, 0.3) is 0 Å². The van der Waals surface area contributed by atoms with Crippen LogP contribution in [0.2, 0.25) is 0 Å². The molecule has 1 atom stereocenters. The first-order valence-corrected chi connectivity index (χ1v) is 7.66. The van der Waals surface area contributed by atoms with Gasteiger partial charge in [-0.2, -0.15) is 0 Å². The summed E-state index contributed by atoms with van der Waals surface area (Å²) in [5, 5.41) is 0. The third-order valence-corrected chi connectivity index (χ3v) is 4.61. The standard InChI is InChI=1S/C17H30N2.2BrH/c1-5-19(13-8-12-18(2,3)4)14-11-16-9-6-7-10-17(16)15-19;;/h6-7,9-10H,5,8,11-15H2,1-4H3;2*1H/q+2;;/p-2. The predicted molar refractivity (Wildman–Crippen MR) is 81.9 cm³/mol. The van der Waals surface area contributed by atoms with Gasteiger partial charge in [0, 0.05) is 18.4 Å². The maximum Gasteiger partial charge on any atom is 0.105 e. The highest BCUT2D eigenvalue weighted by atomic mass is 79.9. The van der Waals surface area contributed by atoms with Gasteiger partial charge in [-0.3, -0.25) is 0 Å². The molecule has 4 heteroatoms. The summed E-state index contributed by atoms with van der Waals surface area (Å²) in [4.78, 5) is 0. The first-order chi connectivity index (χ1) is 8.94. The van der Waals surface area contributed by atoms with Crippen molar-refractivity contribution in [3.05, 3.63) is 35.4 Å². The highest BCUT2D eigenvalue weighted by Crippen LogP contribution is 2.25. The maximum atomic E-state index is 2.36. The number of hydrogen-bond donors (Lipinski definition) is 0. The van der Waals surface area contributed by atoms with Gasteiger partial charge in [0.1, 0.15) is 6.54 Å². The van der Waals surface area contributed by atoms with Crippen molar-refractivity contribution in [1.82, 2.24) is 0 Å². The van der Waals surface area contributed by atoms with Gasteiger partial charge >= 0.3 is 0 Å². The molecule has 1 aromatic rings. The van der Waals surface area contributed by atoms with Crippen molar-refractivity contribution in [3.63, 3.8) is 0 Å². The molecule has 1 unspecified atom stereocenters. The summed E-state index contributed by atoms with van der Waals surface area (Å²) >= 11 is 0.